The van der Waals surface area contributed by atoms with Crippen LogP contribution in [-0.4, -0.2) is 71.2 Å². The standard InChI is InChI=1S/C14H24N2O4/c1-11(19)15-5-2-14(3-6-15)4-7-16(13(20)10-18)8-12(14)9-17/h12,17-18H,2-10H2,1H3. The molecule has 0 aromatic heterocycles. The maximum atomic E-state index is 11.6. The summed E-state index contributed by atoms with van der Waals surface area (Å²) in [4.78, 5) is 26.5. The molecule has 0 aromatic carbocycles. The minimum absolute atomic E-state index is 0.0347. The maximum Gasteiger partial charge on any atom is 0.248 e. The molecule has 2 saturated heterocycles. The first-order chi connectivity index (χ1) is 9.52. The van der Waals surface area contributed by atoms with Gasteiger partial charge in [0.05, 0.1) is 0 Å². The van der Waals surface area contributed by atoms with E-state index in [4.69, 9.17) is 5.11 Å². The van der Waals surface area contributed by atoms with Crippen LogP contribution < -0.4 is 0 Å². The van der Waals surface area contributed by atoms with Gasteiger partial charge < -0.3 is 20.0 Å². The van der Waals surface area contributed by atoms with Crippen molar-refractivity contribution < 1.29 is 19.8 Å². The monoisotopic (exact) mass is 284 g/mol. The van der Waals surface area contributed by atoms with E-state index in [2.05, 4.69) is 0 Å². The molecule has 1 atom stereocenters. The lowest BCUT2D eigenvalue weighted by Crippen LogP contribution is -2.55. The molecule has 1 spiro atoms. The summed E-state index contributed by atoms with van der Waals surface area (Å²) in [6, 6.07) is 0. The minimum atomic E-state index is -0.469. The van der Waals surface area contributed by atoms with Crippen LogP contribution in [0.4, 0.5) is 0 Å². The van der Waals surface area contributed by atoms with E-state index < -0.39 is 6.61 Å². The highest BCUT2D eigenvalue weighted by Gasteiger charge is 2.45. The average molecular weight is 284 g/mol. The van der Waals surface area contributed by atoms with Crippen LogP contribution in [0, 0.1) is 11.3 Å². The molecule has 0 bridgehead atoms. The first-order valence-electron chi connectivity index (χ1n) is 7.27. The van der Waals surface area contributed by atoms with Crippen molar-refractivity contribution in [1.29, 1.82) is 0 Å². The van der Waals surface area contributed by atoms with E-state index in [1.165, 1.54) is 0 Å². The number of hydrogen-bond donors (Lipinski definition) is 2. The van der Waals surface area contributed by atoms with Crippen molar-refractivity contribution in [3.05, 3.63) is 0 Å². The topological polar surface area (TPSA) is 81.1 Å². The summed E-state index contributed by atoms with van der Waals surface area (Å²) in [7, 11) is 0. The van der Waals surface area contributed by atoms with Gasteiger partial charge in [-0.3, -0.25) is 9.59 Å². The number of nitrogens with zero attached hydrogens (tertiary/aromatic N) is 2. The van der Waals surface area contributed by atoms with Crippen LogP contribution in [0.2, 0.25) is 0 Å². The molecular formula is C14H24N2O4. The Morgan fingerprint density at radius 1 is 1.10 bits per heavy atom. The van der Waals surface area contributed by atoms with Gasteiger partial charge in [-0.05, 0) is 24.7 Å². The molecule has 0 aliphatic carbocycles. The predicted molar refractivity (Wildman–Crippen MR) is 72.8 cm³/mol. The molecule has 2 aliphatic rings. The number of rotatable bonds is 2. The Morgan fingerprint density at radius 3 is 2.10 bits per heavy atom. The van der Waals surface area contributed by atoms with E-state index in [0.29, 0.717) is 13.1 Å². The van der Waals surface area contributed by atoms with Crippen molar-refractivity contribution in [2.24, 2.45) is 11.3 Å². The molecule has 2 amide bonds. The maximum absolute atomic E-state index is 11.6. The highest BCUT2D eigenvalue weighted by molar-refractivity contribution is 5.77. The Bertz CT molecular complexity index is 377. The average Bonchev–Trinajstić information content (AvgIpc) is 2.47. The van der Waals surface area contributed by atoms with Crippen molar-refractivity contribution in [3.63, 3.8) is 0 Å². The molecule has 20 heavy (non-hydrogen) atoms. The summed E-state index contributed by atoms with van der Waals surface area (Å²) >= 11 is 0. The zero-order valence-electron chi connectivity index (χ0n) is 12.0. The zero-order chi connectivity index (χ0) is 14.8. The van der Waals surface area contributed by atoms with E-state index in [0.717, 1.165) is 32.4 Å². The highest BCUT2D eigenvalue weighted by Crippen LogP contribution is 2.45. The summed E-state index contributed by atoms with van der Waals surface area (Å²) in [5, 5.41) is 18.6. The van der Waals surface area contributed by atoms with E-state index in [1.54, 1.807) is 11.8 Å². The van der Waals surface area contributed by atoms with Crippen LogP contribution in [0.3, 0.4) is 0 Å². The third kappa shape index (κ3) is 2.81. The van der Waals surface area contributed by atoms with Crippen LogP contribution in [-0.2, 0) is 9.59 Å². The second kappa shape index (κ2) is 6.10. The van der Waals surface area contributed by atoms with Gasteiger partial charge in [0.15, 0.2) is 0 Å². The van der Waals surface area contributed by atoms with Crippen LogP contribution in [0.5, 0.6) is 0 Å². The fraction of sp³-hybridized carbons (Fsp3) is 0.857. The summed E-state index contributed by atoms with van der Waals surface area (Å²) in [5.74, 6) is -0.117. The van der Waals surface area contributed by atoms with Crippen LogP contribution in [0.25, 0.3) is 0 Å². The van der Waals surface area contributed by atoms with E-state index in [9.17, 15) is 14.7 Å². The number of amides is 2. The SMILES string of the molecule is CC(=O)N1CCC2(CC1)CCN(C(=O)CO)CC2CO. The number of carbonyl (C=O) groups is 2. The van der Waals surface area contributed by atoms with Gasteiger partial charge in [0.25, 0.3) is 0 Å². The van der Waals surface area contributed by atoms with Gasteiger partial charge in [-0.15, -0.1) is 0 Å². The zero-order valence-corrected chi connectivity index (χ0v) is 12.0. The molecular weight excluding hydrogens is 260 g/mol. The summed E-state index contributed by atoms with van der Waals surface area (Å²) < 4.78 is 0. The largest absolute Gasteiger partial charge is 0.396 e. The Kier molecular flexibility index (Phi) is 4.65. The fourth-order valence-corrected chi connectivity index (χ4v) is 3.62. The van der Waals surface area contributed by atoms with E-state index in [1.807, 2.05) is 4.90 Å². The second-order valence-electron chi connectivity index (χ2n) is 6.00. The molecule has 2 fully saturated rings. The Hall–Kier alpha value is -1.14. The van der Waals surface area contributed by atoms with Crippen molar-refractivity contribution in [2.45, 2.75) is 26.2 Å². The number of likely N-dealkylation sites (tertiary alicyclic amines) is 2. The molecule has 2 N–H and O–H groups in total. The lowest BCUT2D eigenvalue weighted by Gasteiger charge is -2.51. The Balaban J connectivity index is 2.02. The Labute approximate surface area is 119 Å². The van der Waals surface area contributed by atoms with Crippen molar-refractivity contribution in [3.8, 4) is 0 Å². The number of piperidine rings is 2. The molecule has 6 heteroatoms. The van der Waals surface area contributed by atoms with Gasteiger partial charge in [-0.1, -0.05) is 0 Å². The van der Waals surface area contributed by atoms with Gasteiger partial charge in [0.1, 0.15) is 6.61 Å². The fourth-order valence-electron chi connectivity index (χ4n) is 3.62. The molecule has 0 saturated carbocycles. The third-order valence-electron chi connectivity index (χ3n) is 5.10. The second-order valence-corrected chi connectivity index (χ2v) is 6.00. The van der Waals surface area contributed by atoms with Gasteiger partial charge in [-0.2, -0.15) is 0 Å². The summed E-state index contributed by atoms with van der Waals surface area (Å²) in [5.41, 5.74) is 0.0347. The molecule has 2 rings (SSSR count). The molecule has 0 aromatic rings. The predicted octanol–water partition coefficient (Wildman–Crippen LogP) is -0.552. The third-order valence-corrected chi connectivity index (χ3v) is 5.10. The molecule has 114 valence electrons. The lowest BCUT2D eigenvalue weighted by molar-refractivity contribution is -0.142. The lowest BCUT2D eigenvalue weighted by atomic mass is 9.64. The van der Waals surface area contributed by atoms with Crippen LogP contribution >= 0.6 is 0 Å². The van der Waals surface area contributed by atoms with Crippen molar-refractivity contribution in [1.82, 2.24) is 9.80 Å². The van der Waals surface area contributed by atoms with Gasteiger partial charge >= 0.3 is 0 Å². The molecule has 0 radical (unpaired) electrons. The van der Waals surface area contributed by atoms with Crippen molar-refractivity contribution in [2.75, 3.05) is 39.4 Å². The van der Waals surface area contributed by atoms with Crippen LogP contribution in [0.1, 0.15) is 26.2 Å². The number of carbonyl (C=O) groups excluding carboxylic acids is 2. The summed E-state index contributed by atoms with van der Waals surface area (Å²) in [6.07, 6.45) is 2.62. The quantitative estimate of drug-likeness (QED) is 0.713. The summed E-state index contributed by atoms with van der Waals surface area (Å²) in [6.45, 7) is 3.79. The molecule has 2 heterocycles. The van der Waals surface area contributed by atoms with Gasteiger partial charge in [-0.25, -0.2) is 0 Å². The number of hydrogen-bond acceptors (Lipinski definition) is 4. The smallest absolute Gasteiger partial charge is 0.248 e. The Morgan fingerprint density at radius 2 is 1.65 bits per heavy atom. The highest BCUT2D eigenvalue weighted by atomic mass is 16.3. The minimum Gasteiger partial charge on any atom is -0.396 e. The molecule has 2 aliphatic heterocycles. The van der Waals surface area contributed by atoms with E-state index >= 15 is 0 Å². The van der Waals surface area contributed by atoms with Gasteiger partial charge in [0, 0.05) is 45.6 Å². The first kappa shape index (κ1) is 15.3. The number of aliphatic hydroxyl groups excluding tert-OH is 2. The van der Waals surface area contributed by atoms with Gasteiger partial charge in [0.2, 0.25) is 11.8 Å². The first-order valence-corrected chi connectivity index (χ1v) is 7.27. The number of aliphatic hydroxyl groups is 2. The van der Waals surface area contributed by atoms with Crippen molar-refractivity contribution >= 4 is 11.8 Å². The normalized spacial score (nSPS) is 25.9. The van der Waals surface area contributed by atoms with Crippen LogP contribution in [0.15, 0.2) is 0 Å². The van der Waals surface area contributed by atoms with E-state index in [-0.39, 0.29) is 29.8 Å². The molecule has 6 nitrogen and oxygen atoms in total. The molecule has 1 unspecified atom stereocenters.